The summed E-state index contributed by atoms with van der Waals surface area (Å²) in [7, 11) is 0. The Kier molecular flexibility index (Phi) is 5.37. The number of nitro benzene ring substituents is 1. The zero-order valence-corrected chi connectivity index (χ0v) is 16.5. The van der Waals surface area contributed by atoms with Crippen LogP contribution in [-0.2, 0) is 4.79 Å². The fourth-order valence-electron chi connectivity index (χ4n) is 2.80. The van der Waals surface area contributed by atoms with Gasteiger partial charge in [0.05, 0.1) is 21.1 Å². The number of carbonyl (C=O) groups excluding carboxylic acids is 1. The van der Waals surface area contributed by atoms with Crippen molar-refractivity contribution in [2.45, 2.75) is 0 Å². The molecule has 10 heteroatoms. The average Bonchev–Trinajstić information content (AvgIpc) is 3.35. The smallest absolute Gasteiger partial charge is 0.337 e. The molecule has 0 saturated carbocycles. The lowest BCUT2D eigenvalue weighted by molar-refractivity contribution is -0.384. The largest absolute Gasteiger partial charge is 0.478 e. The second-order valence-electron chi connectivity index (χ2n) is 6.31. The maximum Gasteiger partial charge on any atom is 0.337 e. The molecule has 0 atom stereocenters. The number of rotatable bonds is 5. The maximum absolute atomic E-state index is 12.3. The van der Waals surface area contributed by atoms with E-state index in [0.29, 0.717) is 22.0 Å². The number of hydrogen-bond acceptors (Lipinski definition) is 7. The molecule has 1 fully saturated rings. The van der Waals surface area contributed by atoms with E-state index < -0.39 is 10.9 Å². The molecule has 2 N–H and O–H groups in total. The summed E-state index contributed by atoms with van der Waals surface area (Å²) < 4.78 is 5.73. The molecule has 4 rings (SSSR count). The number of carboxylic acid groups (broad SMARTS) is 1. The summed E-state index contributed by atoms with van der Waals surface area (Å²) in [5.74, 6) is -0.586. The Morgan fingerprint density at radius 3 is 2.58 bits per heavy atom. The van der Waals surface area contributed by atoms with Crippen LogP contribution in [0.25, 0.3) is 17.4 Å². The Balaban J connectivity index is 1.55. The van der Waals surface area contributed by atoms with E-state index >= 15 is 0 Å². The first-order valence-corrected chi connectivity index (χ1v) is 9.69. The van der Waals surface area contributed by atoms with Crippen LogP contribution in [0.1, 0.15) is 16.1 Å². The van der Waals surface area contributed by atoms with Gasteiger partial charge in [-0.3, -0.25) is 14.9 Å². The Bertz CT molecular complexity index is 1260. The monoisotopic (exact) mass is 435 g/mol. The maximum atomic E-state index is 12.3. The number of nitrogens with zero attached hydrogens (tertiary/aromatic N) is 2. The van der Waals surface area contributed by atoms with Crippen molar-refractivity contribution < 1.29 is 24.0 Å². The van der Waals surface area contributed by atoms with Crippen LogP contribution in [0.2, 0.25) is 0 Å². The minimum atomic E-state index is -1.11. The highest BCUT2D eigenvalue weighted by molar-refractivity contribution is 8.18. The van der Waals surface area contributed by atoms with Crippen LogP contribution in [0.3, 0.4) is 0 Å². The van der Waals surface area contributed by atoms with Crippen molar-refractivity contribution in [1.82, 2.24) is 5.32 Å². The van der Waals surface area contributed by atoms with Crippen molar-refractivity contribution in [2.75, 3.05) is 0 Å². The van der Waals surface area contributed by atoms with E-state index in [2.05, 4.69) is 10.3 Å². The van der Waals surface area contributed by atoms with Gasteiger partial charge >= 0.3 is 5.97 Å². The number of thioether (sulfide) groups is 1. The van der Waals surface area contributed by atoms with Crippen molar-refractivity contribution in [3.8, 4) is 11.3 Å². The molecule has 2 aromatic carbocycles. The van der Waals surface area contributed by atoms with Crippen molar-refractivity contribution in [2.24, 2.45) is 4.99 Å². The van der Waals surface area contributed by atoms with Gasteiger partial charge in [-0.05, 0) is 48.2 Å². The highest BCUT2D eigenvalue weighted by Gasteiger charge is 2.25. The molecule has 154 valence electrons. The van der Waals surface area contributed by atoms with Gasteiger partial charge in [0.2, 0.25) is 0 Å². The fraction of sp³-hybridized carbons (Fsp3) is 0. The van der Waals surface area contributed by atoms with E-state index in [9.17, 15) is 24.8 Å². The third-order valence-corrected chi connectivity index (χ3v) is 5.18. The van der Waals surface area contributed by atoms with E-state index in [-0.39, 0.29) is 28.0 Å². The van der Waals surface area contributed by atoms with Gasteiger partial charge in [-0.2, -0.15) is 0 Å². The molecule has 2 heterocycles. The molecule has 3 aromatic rings. The van der Waals surface area contributed by atoms with Gasteiger partial charge in [-0.15, -0.1) is 0 Å². The van der Waals surface area contributed by atoms with Gasteiger partial charge in [-0.25, -0.2) is 9.79 Å². The van der Waals surface area contributed by atoms with Crippen molar-refractivity contribution in [3.63, 3.8) is 0 Å². The van der Waals surface area contributed by atoms with Crippen LogP contribution in [0.5, 0.6) is 0 Å². The van der Waals surface area contributed by atoms with Crippen LogP contribution < -0.4 is 5.32 Å². The molecule has 0 aliphatic carbocycles. The molecule has 1 aromatic heterocycles. The lowest BCUT2D eigenvalue weighted by Crippen LogP contribution is -2.19. The van der Waals surface area contributed by atoms with Crippen LogP contribution in [0.15, 0.2) is 75.0 Å². The number of non-ortho nitro benzene ring substituents is 1. The summed E-state index contributed by atoms with van der Waals surface area (Å²) in [5, 5.41) is 22.9. The quantitative estimate of drug-likeness (QED) is 0.343. The van der Waals surface area contributed by atoms with Crippen LogP contribution in [0, 0.1) is 10.1 Å². The van der Waals surface area contributed by atoms with Gasteiger partial charge in [0.15, 0.2) is 5.17 Å². The molecule has 31 heavy (non-hydrogen) atoms. The first kappa shape index (κ1) is 20.1. The number of aromatic carboxylic acids is 1. The molecule has 0 bridgehead atoms. The van der Waals surface area contributed by atoms with Gasteiger partial charge in [0.1, 0.15) is 11.5 Å². The number of hydrogen-bond donors (Lipinski definition) is 2. The topological polar surface area (TPSA) is 135 Å². The summed E-state index contributed by atoms with van der Waals surface area (Å²) in [6, 6.07) is 15.5. The number of para-hydroxylation sites is 1. The zero-order chi connectivity index (χ0) is 22.0. The molecule has 0 spiro atoms. The van der Waals surface area contributed by atoms with Crippen LogP contribution in [0.4, 0.5) is 11.4 Å². The number of benzene rings is 2. The molecule has 1 saturated heterocycles. The lowest BCUT2D eigenvalue weighted by atomic mass is 10.1. The summed E-state index contributed by atoms with van der Waals surface area (Å²) >= 11 is 1.06. The number of furan rings is 1. The second-order valence-corrected chi connectivity index (χ2v) is 7.34. The minimum Gasteiger partial charge on any atom is -0.478 e. The Hall–Kier alpha value is -4.18. The minimum absolute atomic E-state index is 0.0204. The average molecular weight is 435 g/mol. The highest BCUT2D eigenvalue weighted by atomic mass is 32.2. The normalized spacial score (nSPS) is 15.9. The standard InChI is InChI=1S/C21H13N3O6S/c25-19-18(31-21(23-19)22-16-4-2-1-3-15(16)20(26)27)11-14-9-10-17(30-14)12-5-7-13(8-6-12)24(28)29/h1-11H,(H,26,27)(H,22,23,25)/b18-11+. The first-order valence-electron chi connectivity index (χ1n) is 8.87. The highest BCUT2D eigenvalue weighted by Crippen LogP contribution is 2.31. The van der Waals surface area contributed by atoms with Gasteiger partial charge in [-0.1, -0.05) is 12.1 Å². The Morgan fingerprint density at radius 1 is 1.13 bits per heavy atom. The fourth-order valence-corrected chi connectivity index (χ4v) is 3.62. The van der Waals surface area contributed by atoms with E-state index in [1.165, 1.54) is 18.2 Å². The SMILES string of the molecule is O=C1NC(=Nc2ccccc2C(=O)O)S/C1=C/c1ccc(-c2ccc([N+](=O)[O-])cc2)o1. The van der Waals surface area contributed by atoms with Gasteiger partial charge in [0, 0.05) is 23.8 Å². The summed E-state index contributed by atoms with van der Waals surface area (Å²) in [6.07, 6.45) is 1.54. The molecule has 1 aliphatic rings. The number of aliphatic imine (C=N–C) groups is 1. The number of carbonyl (C=O) groups is 2. The van der Waals surface area contributed by atoms with Crippen molar-refractivity contribution in [3.05, 3.63) is 87.0 Å². The third-order valence-electron chi connectivity index (χ3n) is 4.27. The van der Waals surface area contributed by atoms with Crippen LogP contribution >= 0.6 is 11.8 Å². The van der Waals surface area contributed by atoms with Crippen LogP contribution in [-0.4, -0.2) is 27.1 Å². The van der Waals surface area contributed by atoms with Gasteiger partial charge < -0.3 is 14.8 Å². The van der Waals surface area contributed by atoms with E-state index in [1.807, 2.05) is 0 Å². The number of carboxylic acids is 1. The molecule has 9 nitrogen and oxygen atoms in total. The molecular weight excluding hydrogens is 422 g/mol. The first-order chi connectivity index (χ1) is 14.9. The Labute approximate surface area is 179 Å². The molecule has 1 aliphatic heterocycles. The Morgan fingerprint density at radius 2 is 1.87 bits per heavy atom. The van der Waals surface area contributed by atoms with Gasteiger partial charge in [0.25, 0.3) is 11.6 Å². The predicted octanol–water partition coefficient (Wildman–Crippen LogP) is 4.44. The number of amidine groups is 1. The van der Waals surface area contributed by atoms with E-state index in [4.69, 9.17) is 4.42 Å². The van der Waals surface area contributed by atoms with Crippen molar-refractivity contribution in [1.29, 1.82) is 0 Å². The van der Waals surface area contributed by atoms with E-state index in [0.717, 1.165) is 11.8 Å². The number of nitro groups is 1. The van der Waals surface area contributed by atoms with E-state index in [1.54, 1.807) is 48.5 Å². The molecule has 0 radical (unpaired) electrons. The summed E-state index contributed by atoms with van der Waals surface area (Å²) in [4.78, 5) is 38.4. The summed E-state index contributed by atoms with van der Waals surface area (Å²) in [5.41, 5.74) is 0.901. The second kappa shape index (κ2) is 8.28. The molecular formula is C21H13N3O6S. The number of nitrogens with one attached hydrogen (secondary N) is 1. The third kappa shape index (κ3) is 4.38. The zero-order valence-electron chi connectivity index (χ0n) is 15.6. The number of amides is 1. The summed E-state index contributed by atoms with van der Waals surface area (Å²) in [6.45, 7) is 0. The lowest BCUT2D eigenvalue weighted by Gasteiger charge is -2.00. The predicted molar refractivity (Wildman–Crippen MR) is 115 cm³/mol. The molecule has 1 amide bonds. The molecule has 0 unspecified atom stereocenters. The van der Waals surface area contributed by atoms with Crippen molar-refractivity contribution >= 4 is 46.3 Å².